The van der Waals surface area contributed by atoms with E-state index < -0.39 is 0 Å². The predicted octanol–water partition coefficient (Wildman–Crippen LogP) is 2.67. The van der Waals surface area contributed by atoms with Gasteiger partial charge >= 0.3 is 0 Å². The van der Waals surface area contributed by atoms with Crippen LogP contribution in [0.5, 0.6) is 0 Å². The van der Waals surface area contributed by atoms with E-state index in [9.17, 15) is 0 Å². The lowest BCUT2D eigenvalue weighted by molar-refractivity contribution is 0.551. The van der Waals surface area contributed by atoms with Crippen molar-refractivity contribution < 1.29 is 0 Å². The monoisotopic (exact) mass is 195 g/mol. The molecule has 2 rings (SSSR count). The fourth-order valence-electron chi connectivity index (χ4n) is 1.35. The number of fused-ring (bicyclic) bond motifs is 1. The molecule has 0 spiro atoms. The zero-order valence-corrected chi connectivity index (χ0v) is 8.28. The summed E-state index contributed by atoms with van der Waals surface area (Å²) in [6, 6.07) is 2.27. The lowest BCUT2D eigenvalue weighted by Gasteiger charge is -2.06. The second kappa shape index (κ2) is 3.00. The minimum Gasteiger partial charge on any atom is -0.262 e. The fraction of sp³-hybridized carbons (Fsp3) is 0.333. The van der Waals surface area contributed by atoms with Crippen LogP contribution in [-0.2, 0) is 0 Å². The zero-order valence-electron chi connectivity index (χ0n) is 7.53. The van der Waals surface area contributed by atoms with Gasteiger partial charge in [0, 0.05) is 12.2 Å². The molecule has 0 aromatic carbocycles. The smallest absolute Gasteiger partial charge is 0.139 e. The van der Waals surface area contributed by atoms with Gasteiger partial charge in [-0.2, -0.15) is 5.10 Å². The summed E-state index contributed by atoms with van der Waals surface area (Å²) in [6.07, 6.45) is 3.45. The van der Waals surface area contributed by atoms with Crippen molar-refractivity contribution in [3.8, 4) is 0 Å². The summed E-state index contributed by atoms with van der Waals surface area (Å²) in [4.78, 5) is 3.99. The fourth-order valence-corrected chi connectivity index (χ4v) is 1.55. The minimum absolute atomic E-state index is 0.343. The molecule has 0 fully saturated rings. The van der Waals surface area contributed by atoms with E-state index in [0.717, 1.165) is 10.9 Å². The van der Waals surface area contributed by atoms with Gasteiger partial charge in [-0.3, -0.25) is 4.68 Å². The van der Waals surface area contributed by atoms with E-state index in [1.165, 1.54) is 0 Å². The molecule has 0 aliphatic rings. The first-order chi connectivity index (χ1) is 6.20. The molecule has 0 unspecified atom stereocenters. The largest absolute Gasteiger partial charge is 0.262 e. The Kier molecular flexibility index (Phi) is 1.96. The molecule has 0 amide bonds. The molecule has 0 saturated heterocycles. The molecule has 0 aliphatic carbocycles. The number of pyridine rings is 1. The summed E-state index contributed by atoms with van der Waals surface area (Å²) >= 11 is 5.91. The molecule has 0 aliphatic heterocycles. The third-order valence-electron chi connectivity index (χ3n) is 1.97. The van der Waals surface area contributed by atoms with E-state index in [1.807, 2.05) is 10.7 Å². The van der Waals surface area contributed by atoms with Crippen molar-refractivity contribution in [1.29, 1.82) is 0 Å². The molecule has 3 nitrogen and oxygen atoms in total. The van der Waals surface area contributed by atoms with Gasteiger partial charge < -0.3 is 0 Å². The average molecular weight is 196 g/mol. The molecule has 0 N–H and O–H groups in total. The molecule has 13 heavy (non-hydrogen) atoms. The molecule has 0 bridgehead atoms. The van der Waals surface area contributed by atoms with E-state index in [1.54, 1.807) is 12.4 Å². The molecule has 2 aromatic rings. The van der Waals surface area contributed by atoms with E-state index in [2.05, 4.69) is 23.9 Å². The van der Waals surface area contributed by atoms with Crippen molar-refractivity contribution in [2.75, 3.05) is 0 Å². The Morgan fingerprint density at radius 1 is 1.46 bits per heavy atom. The Morgan fingerprint density at radius 2 is 2.23 bits per heavy atom. The predicted molar refractivity (Wildman–Crippen MR) is 52.9 cm³/mol. The first kappa shape index (κ1) is 8.51. The van der Waals surface area contributed by atoms with Crippen LogP contribution < -0.4 is 0 Å². The maximum absolute atomic E-state index is 5.91. The van der Waals surface area contributed by atoms with Gasteiger partial charge in [0.2, 0.25) is 0 Å². The Morgan fingerprint density at radius 3 is 2.92 bits per heavy atom. The molecule has 0 atom stereocenters. The zero-order chi connectivity index (χ0) is 9.42. The Labute approximate surface area is 81.3 Å². The quantitative estimate of drug-likeness (QED) is 0.655. The van der Waals surface area contributed by atoms with E-state index in [4.69, 9.17) is 11.6 Å². The van der Waals surface area contributed by atoms with Crippen molar-refractivity contribution in [2.24, 2.45) is 0 Å². The van der Waals surface area contributed by atoms with Crippen LogP contribution in [0.2, 0.25) is 5.15 Å². The normalized spacial score (nSPS) is 11.4. The summed E-state index contributed by atoms with van der Waals surface area (Å²) < 4.78 is 1.93. The van der Waals surface area contributed by atoms with Crippen LogP contribution in [0.3, 0.4) is 0 Å². The van der Waals surface area contributed by atoms with Gasteiger partial charge in [-0.05, 0) is 19.9 Å². The average Bonchev–Trinajstić information content (AvgIpc) is 2.48. The maximum atomic E-state index is 5.91. The second-order valence-electron chi connectivity index (χ2n) is 3.22. The molecule has 2 heterocycles. The highest BCUT2D eigenvalue weighted by Gasteiger charge is 2.07. The molecule has 0 saturated carbocycles. The molecule has 4 heteroatoms. The van der Waals surface area contributed by atoms with Crippen molar-refractivity contribution in [3.63, 3.8) is 0 Å². The van der Waals surface area contributed by atoms with Gasteiger partial charge in [-0.25, -0.2) is 4.98 Å². The van der Waals surface area contributed by atoms with Gasteiger partial charge in [-0.1, -0.05) is 11.6 Å². The van der Waals surface area contributed by atoms with Crippen molar-refractivity contribution >= 4 is 22.5 Å². The van der Waals surface area contributed by atoms with E-state index >= 15 is 0 Å². The SMILES string of the molecule is CC(C)n1ncc2c(Cl)nccc21. The first-order valence-corrected chi connectivity index (χ1v) is 4.55. The number of hydrogen-bond donors (Lipinski definition) is 0. The molecular weight excluding hydrogens is 186 g/mol. The van der Waals surface area contributed by atoms with Gasteiger partial charge in [0.25, 0.3) is 0 Å². The number of hydrogen-bond acceptors (Lipinski definition) is 2. The lowest BCUT2D eigenvalue weighted by Crippen LogP contribution is -2.01. The number of halogens is 1. The van der Waals surface area contributed by atoms with E-state index in [-0.39, 0.29) is 0 Å². The van der Waals surface area contributed by atoms with Crippen LogP contribution in [0.25, 0.3) is 10.9 Å². The highest BCUT2D eigenvalue weighted by molar-refractivity contribution is 6.34. The van der Waals surface area contributed by atoms with E-state index in [0.29, 0.717) is 11.2 Å². The number of nitrogens with zero attached hydrogens (tertiary/aromatic N) is 3. The summed E-state index contributed by atoms with van der Waals surface area (Å²) in [7, 11) is 0. The summed E-state index contributed by atoms with van der Waals surface area (Å²) in [6.45, 7) is 4.17. The topological polar surface area (TPSA) is 30.7 Å². The summed E-state index contributed by atoms with van der Waals surface area (Å²) in [5, 5.41) is 5.68. The van der Waals surface area contributed by atoms with Gasteiger partial charge in [0.15, 0.2) is 0 Å². The number of aromatic nitrogens is 3. The van der Waals surface area contributed by atoms with Crippen LogP contribution >= 0.6 is 11.6 Å². The van der Waals surface area contributed by atoms with Gasteiger partial charge in [0.1, 0.15) is 5.15 Å². The number of rotatable bonds is 1. The summed E-state index contributed by atoms with van der Waals surface area (Å²) in [5.74, 6) is 0. The van der Waals surface area contributed by atoms with Gasteiger partial charge in [0.05, 0.1) is 17.1 Å². The molecule has 68 valence electrons. The van der Waals surface area contributed by atoms with Gasteiger partial charge in [-0.15, -0.1) is 0 Å². The Hall–Kier alpha value is -1.09. The van der Waals surface area contributed by atoms with Crippen molar-refractivity contribution in [1.82, 2.24) is 14.8 Å². The minimum atomic E-state index is 0.343. The molecular formula is C9H10ClN3. The Bertz CT molecular complexity index is 433. The van der Waals surface area contributed by atoms with Crippen LogP contribution in [0, 0.1) is 0 Å². The van der Waals surface area contributed by atoms with Crippen molar-refractivity contribution in [3.05, 3.63) is 23.6 Å². The summed E-state index contributed by atoms with van der Waals surface area (Å²) in [5.41, 5.74) is 1.04. The van der Waals surface area contributed by atoms with Crippen LogP contribution in [0.4, 0.5) is 0 Å². The first-order valence-electron chi connectivity index (χ1n) is 4.18. The molecule has 0 radical (unpaired) electrons. The highest BCUT2D eigenvalue weighted by atomic mass is 35.5. The van der Waals surface area contributed by atoms with Crippen LogP contribution in [0.15, 0.2) is 18.5 Å². The third kappa shape index (κ3) is 1.29. The van der Waals surface area contributed by atoms with Crippen LogP contribution in [0.1, 0.15) is 19.9 Å². The lowest BCUT2D eigenvalue weighted by atomic mass is 10.3. The standard InChI is InChI=1S/C9H10ClN3/c1-6(2)13-8-3-4-11-9(10)7(8)5-12-13/h3-6H,1-2H3. The Balaban J connectivity index is 2.75. The van der Waals surface area contributed by atoms with Crippen LogP contribution in [-0.4, -0.2) is 14.8 Å². The highest BCUT2D eigenvalue weighted by Crippen LogP contribution is 2.22. The maximum Gasteiger partial charge on any atom is 0.139 e. The second-order valence-corrected chi connectivity index (χ2v) is 3.58. The third-order valence-corrected chi connectivity index (χ3v) is 2.27. The van der Waals surface area contributed by atoms with Crippen molar-refractivity contribution in [2.45, 2.75) is 19.9 Å². The molecule has 2 aromatic heterocycles.